The first kappa shape index (κ1) is 14.3. The zero-order valence-electron chi connectivity index (χ0n) is 12.3. The molecule has 2 fully saturated rings. The van der Waals surface area contributed by atoms with Crippen molar-refractivity contribution >= 4 is 0 Å². The fraction of sp³-hybridized carbons (Fsp3) is 1.00. The summed E-state index contributed by atoms with van der Waals surface area (Å²) in [4.78, 5) is 2.56. The summed E-state index contributed by atoms with van der Waals surface area (Å²) in [5.74, 6) is 2.39. The fourth-order valence-corrected chi connectivity index (χ4v) is 3.63. The lowest BCUT2D eigenvalue weighted by molar-refractivity contribution is 0.0978. The number of methoxy groups -OCH3 is 1. The highest BCUT2D eigenvalue weighted by molar-refractivity contribution is 4.87. The first-order valence-electron chi connectivity index (χ1n) is 7.61. The molecular weight excluding hydrogens is 224 g/mol. The molecule has 0 bridgehead atoms. The molecule has 2 rings (SSSR count). The second-order valence-corrected chi connectivity index (χ2v) is 6.65. The summed E-state index contributed by atoms with van der Waals surface area (Å²) < 4.78 is 5.44. The monoisotopic (exact) mass is 254 g/mol. The van der Waals surface area contributed by atoms with Crippen molar-refractivity contribution in [2.24, 2.45) is 23.5 Å². The van der Waals surface area contributed by atoms with E-state index in [1.165, 1.54) is 38.8 Å². The quantitative estimate of drug-likeness (QED) is 0.835. The molecule has 0 aromatic heterocycles. The Morgan fingerprint density at radius 1 is 1.28 bits per heavy atom. The first-order valence-corrected chi connectivity index (χ1v) is 7.61. The van der Waals surface area contributed by atoms with Gasteiger partial charge in [-0.15, -0.1) is 0 Å². The van der Waals surface area contributed by atoms with Crippen LogP contribution in [0.4, 0.5) is 0 Å². The van der Waals surface area contributed by atoms with Crippen molar-refractivity contribution in [3.8, 4) is 0 Å². The van der Waals surface area contributed by atoms with Crippen molar-refractivity contribution in [2.45, 2.75) is 51.7 Å². The maximum absolute atomic E-state index is 6.33. The van der Waals surface area contributed by atoms with Gasteiger partial charge in [0.1, 0.15) is 0 Å². The van der Waals surface area contributed by atoms with Crippen molar-refractivity contribution in [3.05, 3.63) is 0 Å². The van der Waals surface area contributed by atoms with Gasteiger partial charge in [-0.25, -0.2) is 0 Å². The van der Waals surface area contributed by atoms with Gasteiger partial charge in [0.15, 0.2) is 0 Å². The number of nitrogens with two attached hydrogens (primary N) is 1. The molecule has 4 atom stereocenters. The molecule has 2 aliphatic rings. The molecule has 2 N–H and O–H groups in total. The SMILES string of the molecule is COC1CCN(CC2CC(C(C)C)CCC2N)C1. The van der Waals surface area contributed by atoms with Gasteiger partial charge in [-0.3, -0.25) is 0 Å². The molecule has 0 amide bonds. The van der Waals surface area contributed by atoms with Crippen molar-refractivity contribution < 1.29 is 4.74 Å². The lowest BCUT2D eigenvalue weighted by Crippen LogP contribution is -2.43. The van der Waals surface area contributed by atoms with Crippen molar-refractivity contribution in [3.63, 3.8) is 0 Å². The Balaban J connectivity index is 1.83. The van der Waals surface area contributed by atoms with Crippen LogP contribution in [-0.2, 0) is 4.74 Å². The highest BCUT2D eigenvalue weighted by Crippen LogP contribution is 2.34. The Kier molecular flexibility index (Phi) is 5.05. The third kappa shape index (κ3) is 3.46. The Labute approximate surface area is 112 Å². The standard InChI is InChI=1S/C15H30N2O/c1-11(2)12-4-5-15(16)13(8-12)9-17-7-6-14(10-17)18-3/h11-15H,4-10,16H2,1-3H3. The number of rotatable bonds is 4. The smallest absolute Gasteiger partial charge is 0.0710 e. The van der Waals surface area contributed by atoms with Crippen molar-refractivity contribution in [1.29, 1.82) is 0 Å². The van der Waals surface area contributed by atoms with Crippen LogP contribution in [0, 0.1) is 17.8 Å². The van der Waals surface area contributed by atoms with E-state index in [1.54, 1.807) is 0 Å². The molecule has 18 heavy (non-hydrogen) atoms. The topological polar surface area (TPSA) is 38.5 Å². The van der Waals surface area contributed by atoms with E-state index in [0.717, 1.165) is 18.4 Å². The van der Waals surface area contributed by atoms with Gasteiger partial charge in [-0.05, 0) is 43.4 Å². The molecule has 0 aromatic rings. The summed E-state index contributed by atoms with van der Waals surface area (Å²) >= 11 is 0. The Morgan fingerprint density at radius 2 is 2.06 bits per heavy atom. The summed E-state index contributed by atoms with van der Waals surface area (Å²) in [6.07, 6.45) is 5.51. The van der Waals surface area contributed by atoms with Crippen LogP contribution in [0.1, 0.15) is 39.5 Å². The van der Waals surface area contributed by atoms with Gasteiger partial charge in [0.25, 0.3) is 0 Å². The average Bonchev–Trinajstić information content (AvgIpc) is 2.79. The number of ether oxygens (including phenoxy) is 1. The Bertz CT molecular complexity index is 257. The molecule has 1 aliphatic heterocycles. The normalized spacial score (nSPS) is 38.5. The van der Waals surface area contributed by atoms with Gasteiger partial charge >= 0.3 is 0 Å². The maximum atomic E-state index is 6.33. The summed E-state index contributed by atoms with van der Waals surface area (Å²) in [7, 11) is 1.83. The predicted molar refractivity (Wildman–Crippen MR) is 75.5 cm³/mol. The third-order valence-electron chi connectivity index (χ3n) is 5.08. The van der Waals surface area contributed by atoms with Crippen LogP contribution in [0.3, 0.4) is 0 Å². The molecule has 1 saturated carbocycles. The molecule has 1 aliphatic carbocycles. The van der Waals surface area contributed by atoms with Gasteiger partial charge in [-0.1, -0.05) is 13.8 Å². The molecule has 3 heteroatoms. The highest BCUT2D eigenvalue weighted by atomic mass is 16.5. The summed E-state index contributed by atoms with van der Waals surface area (Å²) in [5, 5.41) is 0. The summed E-state index contributed by atoms with van der Waals surface area (Å²) in [6.45, 7) is 8.19. The van der Waals surface area contributed by atoms with E-state index in [1.807, 2.05) is 7.11 Å². The lowest BCUT2D eigenvalue weighted by Gasteiger charge is -2.38. The highest BCUT2D eigenvalue weighted by Gasteiger charge is 2.32. The van der Waals surface area contributed by atoms with Crippen LogP contribution in [0.15, 0.2) is 0 Å². The van der Waals surface area contributed by atoms with Crippen molar-refractivity contribution in [2.75, 3.05) is 26.7 Å². The van der Waals surface area contributed by atoms with Gasteiger partial charge in [-0.2, -0.15) is 0 Å². The number of nitrogens with zero attached hydrogens (tertiary/aromatic N) is 1. The number of likely N-dealkylation sites (tertiary alicyclic amines) is 1. The maximum Gasteiger partial charge on any atom is 0.0710 e. The molecule has 4 unspecified atom stereocenters. The lowest BCUT2D eigenvalue weighted by atomic mass is 9.74. The van der Waals surface area contributed by atoms with Gasteiger partial charge in [0.2, 0.25) is 0 Å². The van der Waals surface area contributed by atoms with Crippen LogP contribution < -0.4 is 5.73 Å². The van der Waals surface area contributed by atoms with E-state index in [4.69, 9.17) is 10.5 Å². The average molecular weight is 254 g/mol. The Morgan fingerprint density at radius 3 is 2.67 bits per heavy atom. The second-order valence-electron chi connectivity index (χ2n) is 6.65. The molecule has 0 radical (unpaired) electrons. The molecule has 1 heterocycles. The van der Waals surface area contributed by atoms with E-state index in [2.05, 4.69) is 18.7 Å². The minimum absolute atomic E-state index is 0.418. The van der Waals surface area contributed by atoms with Gasteiger partial charge in [0, 0.05) is 32.8 Å². The van der Waals surface area contributed by atoms with Crippen LogP contribution in [0.25, 0.3) is 0 Å². The minimum Gasteiger partial charge on any atom is -0.380 e. The summed E-state index contributed by atoms with van der Waals surface area (Å²) in [5.41, 5.74) is 6.33. The van der Waals surface area contributed by atoms with Crippen LogP contribution in [-0.4, -0.2) is 43.8 Å². The van der Waals surface area contributed by atoms with E-state index in [-0.39, 0.29) is 0 Å². The van der Waals surface area contributed by atoms with E-state index in [9.17, 15) is 0 Å². The fourth-order valence-electron chi connectivity index (χ4n) is 3.63. The summed E-state index contributed by atoms with van der Waals surface area (Å²) in [6, 6.07) is 0.418. The van der Waals surface area contributed by atoms with Crippen molar-refractivity contribution in [1.82, 2.24) is 4.90 Å². The van der Waals surface area contributed by atoms with Crippen LogP contribution >= 0.6 is 0 Å². The molecule has 3 nitrogen and oxygen atoms in total. The van der Waals surface area contributed by atoms with Gasteiger partial charge < -0.3 is 15.4 Å². The first-order chi connectivity index (χ1) is 8.60. The van der Waals surface area contributed by atoms with E-state index < -0.39 is 0 Å². The Hall–Kier alpha value is -0.120. The predicted octanol–water partition coefficient (Wildman–Crippen LogP) is 2.11. The number of hydrogen-bond donors (Lipinski definition) is 1. The molecule has 106 valence electrons. The number of hydrogen-bond acceptors (Lipinski definition) is 3. The van der Waals surface area contributed by atoms with Crippen LogP contribution in [0.5, 0.6) is 0 Å². The van der Waals surface area contributed by atoms with Gasteiger partial charge in [0.05, 0.1) is 6.10 Å². The zero-order chi connectivity index (χ0) is 13.1. The second kappa shape index (κ2) is 6.36. The van der Waals surface area contributed by atoms with E-state index >= 15 is 0 Å². The molecular formula is C15H30N2O. The molecule has 0 aromatic carbocycles. The minimum atomic E-state index is 0.418. The molecule has 0 spiro atoms. The van der Waals surface area contributed by atoms with Crippen LogP contribution in [0.2, 0.25) is 0 Å². The largest absolute Gasteiger partial charge is 0.380 e. The van der Waals surface area contributed by atoms with E-state index in [0.29, 0.717) is 18.1 Å². The third-order valence-corrected chi connectivity index (χ3v) is 5.08. The molecule has 1 saturated heterocycles. The zero-order valence-corrected chi connectivity index (χ0v) is 12.3.